The summed E-state index contributed by atoms with van der Waals surface area (Å²) < 4.78 is 46.7. The first kappa shape index (κ1) is 27.7. The Morgan fingerprint density at radius 1 is 0.949 bits per heavy atom. The number of amides is 2. The number of aromatic nitrogens is 3. The molecule has 3 aromatic carbocycles. The summed E-state index contributed by atoms with van der Waals surface area (Å²) in [7, 11) is 1.54. The van der Waals surface area contributed by atoms with Crippen LogP contribution in [0.5, 0.6) is 5.75 Å². The molecule has 2 amide bonds. The van der Waals surface area contributed by atoms with Crippen molar-refractivity contribution in [2.24, 2.45) is 0 Å². The number of carbonyl (C=O) groups excluding carboxylic acids is 2. The van der Waals surface area contributed by atoms with E-state index < -0.39 is 17.6 Å². The molecule has 4 rings (SSSR count). The van der Waals surface area contributed by atoms with E-state index in [0.29, 0.717) is 28.8 Å². The average Bonchev–Trinajstić information content (AvgIpc) is 3.31. The lowest BCUT2D eigenvalue weighted by molar-refractivity contribution is -0.137. The molecule has 0 spiro atoms. The van der Waals surface area contributed by atoms with Crippen LogP contribution in [0.1, 0.15) is 27.3 Å². The number of nitrogens with zero attached hydrogens (tertiary/aromatic N) is 3. The summed E-state index contributed by atoms with van der Waals surface area (Å²) in [5, 5.41) is 13.9. The first-order valence-electron chi connectivity index (χ1n) is 11.7. The SMILES string of the molecule is COc1ccc(C(=O)NCc2nnc(SCC(=O)Nc3ccccc3C(F)(F)F)n2Cc2ccccc2)cc1. The van der Waals surface area contributed by atoms with E-state index in [2.05, 4.69) is 20.8 Å². The third-order valence-electron chi connectivity index (χ3n) is 5.58. The van der Waals surface area contributed by atoms with Gasteiger partial charge in [-0.25, -0.2) is 0 Å². The summed E-state index contributed by atoms with van der Waals surface area (Å²) in [5.41, 5.74) is 0.134. The Morgan fingerprint density at radius 2 is 1.64 bits per heavy atom. The van der Waals surface area contributed by atoms with Crippen molar-refractivity contribution in [1.82, 2.24) is 20.1 Å². The number of hydrogen-bond donors (Lipinski definition) is 2. The molecule has 2 N–H and O–H groups in total. The number of carbonyl (C=O) groups is 2. The number of alkyl halides is 3. The van der Waals surface area contributed by atoms with E-state index in [1.165, 1.54) is 25.3 Å². The van der Waals surface area contributed by atoms with Gasteiger partial charge in [0, 0.05) is 5.56 Å². The van der Waals surface area contributed by atoms with Crippen LogP contribution in [0.15, 0.2) is 84.0 Å². The third-order valence-corrected chi connectivity index (χ3v) is 6.54. The molecule has 0 fully saturated rings. The normalized spacial score (nSPS) is 11.2. The summed E-state index contributed by atoms with van der Waals surface area (Å²) in [6, 6.07) is 20.9. The summed E-state index contributed by atoms with van der Waals surface area (Å²) in [6.45, 7) is 0.429. The third kappa shape index (κ3) is 7.38. The summed E-state index contributed by atoms with van der Waals surface area (Å²) in [6.07, 6.45) is -4.60. The molecule has 0 saturated carbocycles. The van der Waals surface area contributed by atoms with Crippen LogP contribution in [-0.2, 0) is 24.1 Å². The number of halogens is 3. The zero-order valence-electron chi connectivity index (χ0n) is 20.7. The molecule has 0 bridgehead atoms. The first-order valence-corrected chi connectivity index (χ1v) is 12.7. The molecule has 0 atom stereocenters. The fraction of sp³-hybridized carbons (Fsp3) is 0.185. The number of rotatable bonds is 10. The molecule has 0 aliphatic carbocycles. The van der Waals surface area contributed by atoms with Crippen molar-refractivity contribution in [3.8, 4) is 5.75 Å². The van der Waals surface area contributed by atoms with Crippen molar-refractivity contribution in [2.45, 2.75) is 24.4 Å². The highest BCUT2D eigenvalue weighted by Crippen LogP contribution is 2.34. The van der Waals surface area contributed by atoms with Crippen LogP contribution in [0.4, 0.5) is 18.9 Å². The second kappa shape index (κ2) is 12.5. The van der Waals surface area contributed by atoms with Crippen molar-refractivity contribution in [3.63, 3.8) is 0 Å². The van der Waals surface area contributed by atoms with Gasteiger partial charge in [-0.1, -0.05) is 54.2 Å². The van der Waals surface area contributed by atoms with Crippen molar-refractivity contribution >= 4 is 29.3 Å². The molecule has 8 nitrogen and oxygen atoms in total. The number of hydrogen-bond acceptors (Lipinski definition) is 6. The Labute approximate surface area is 226 Å². The average molecular weight is 556 g/mol. The second-order valence-electron chi connectivity index (χ2n) is 8.26. The van der Waals surface area contributed by atoms with Gasteiger partial charge in [0.1, 0.15) is 5.75 Å². The summed E-state index contributed by atoms with van der Waals surface area (Å²) in [4.78, 5) is 25.2. The molecule has 0 aliphatic heterocycles. The summed E-state index contributed by atoms with van der Waals surface area (Å²) in [5.74, 6) is -0.0610. The monoisotopic (exact) mass is 555 g/mol. The van der Waals surface area contributed by atoms with Gasteiger partial charge in [0.05, 0.1) is 37.2 Å². The molecule has 12 heteroatoms. The minimum absolute atomic E-state index is 0.0659. The van der Waals surface area contributed by atoms with E-state index in [1.807, 2.05) is 30.3 Å². The second-order valence-corrected chi connectivity index (χ2v) is 9.20. The van der Waals surface area contributed by atoms with Crippen LogP contribution in [0.25, 0.3) is 0 Å². The number of nitrogens with one attached hydrogen (secondary N) is 2. The number of para-hydroxylation sites is 1. The highest BCUT2D eigenvalue weighted by molar-refractivity contribution is 7.99. The molecule has 1 heterocycles. The van der Waals surface area contributed by atoms with Crippen LogP contribution in [0, 0.1) is 0 Å². The topological polar surface area (TPSA) is 98.1 Å². The van der Waals surface area contributed by atoms with Crippen LogP contribution in [0.2, 0.25) is 0 Å². The molecule has 39 heavy (non-hydrogen) atoms. The zero-order valence-corrected chi connectivity index (χ0v) is 21.6. The van der Waals surface area contributed by atoms with Gasteiger partial charge in [-0.05, 0) is 42.0 Å². The van der Waals surface area contributed by atoms with E-state index >= 15 is 0 Å². The van der Waals surface area contributed by atoms with Gasteiger partial charge < -0.3 is 19.9 Å². The van der Waals surface area contributed by atoms with Gasteiger partial charge in [-0.3, -0.25) is 9.59 Å². The van der Waals surface area contributed by atoms with E-state index in [1.54, 1.807) is 28.8 Å². The van der Waals surface area contributed by atoms with Gasteiger partial charge in [0.2, 0.25) is 5.91 Å². The van der Waals surface area contributed by atoms with E-state index in [0.717, 1.165) is 23.4 Å². The Morgan fingerprint density at radius 3 is 2.33 bits per heavy atom. The van der Waals surface area contributed by atoms with Gasteiger partial charge in [-0.2, -0.15) is 13.2 Å². The molecule has 0 radical (unpaired) electrons. The standard InChI is InChI=1S/C27H24F3N5O3S/c1-38-20-13-11-19(12-14-20)25(37)31-15-23-33-34-26(35(23)16-18-7-3-2-4-8-18)39-17-24(36)32-22-10-6-5-9-21(22)27(28,29)30/h2-14H,15-17H2,1H3,(H,31,37)(H,32,36). The van der Waals surface area contributed by atoms with Crippen molar-refractivity contribution < 1.29 is 27.5 Å². The van der Waals surface area contributed by atoms with Crippen LogP contribution < -0.4 is 15.4 Å². The molecule has 4 aromatic rings. The lowest BCUT2D eigenvalue weighted by Gasteiger charge is -2.14. The smallest absolute Gasteiger partial charge is 0.418 e. The highest BCUT2D eigenvalue weighted by Gasteiger charge is 2.33. The Kier molecular flexibility index (Phi) is 8.87. The maximum absolute atomic E-state index is 13.3. The van der Waals surface area contributed by atoms with E-state index in [9.17, 15) is 22.8 Å². The lowest BCUT2D eigenvalue weighted by Crippen LogP contribution is -2.25. The number of methoxy groups -OCH3 is 1. The quantitative estimate of drug-likeness (QED) is 0.267. The first-order chi connectivity index (χ1) is 18.7. The van der Waals surface area contributed by atoms with Crippen molar-refractivity contribution in [1.29, 1.82) is 0 Å². The van der Waals surface area contributed by atoms with Crippen LogP contribution in [0.3, 0.4) is 0 Å². The van der Waals surface area contributed by atoms with Gasteiger partial charge in [0.15, 0.2) is 11.0 Å². The minimum atomic E-state index is -4.60. The Balaban J connectivity index is 1.46. The maximum Gasteiger partial charge on any atom is 0.418 e. The zero-order chi connectivity index (χ0) is 27.8. The van der Waals surface area contributed by atoms with Crippen LogP contribution in [-0.4, -0.2) is 39.4 Å². The number of ether oxygens (including phenoxy) is 1. The van der Waals surface area contributed by atoms with Gasteiger partial charge in [-0.15, -0.1) is 10.2 Å². The van der Waals surface area contributed by atoms with Gasteiger partial charge in [0.25, 0.3) is 5.91 Å². The largest absolute Gasteiger partial charge is 0.497 e. The van der Waals surface area contributed by atoms with Gasteiger partial charge >= 0.3 is 6.18 Å². The fourth-order valence-electron chi connectivity index (χ4n) is 3.64. The Bertz CT molecular complexity index is 1430. The molecule has 1 aromatic heterocycles. The summed E-state index contributed by atoms with van der Waals surface area (Å²) >= 11 is 1.03. The predicted octanol–water partition coefficient (Wildman–Crippen LogP) is 5.01. The van der Waals surface area contributed by atoms with Crippen molar-refractivity contribution in [3.05, 3.63) is 101 Å². The maximum atomic E-state index is 13.3. The van der Waals surface area contributed by atoms with E-state index in [-0.39, 0.29) is 23.9 Å². The molecular formula is C27H24F3N5O3S. The Hall–Kier alpha value is -4.32. The van der Waals surface area contributed by atoms with Crippen molar-refractivity contribution in [2.75, 3.05) is 18.2 Å². The number of thioether (sulfide) groups is 1. The number of anilines is 1. The highest BCUT2D eigenvalue weighted by atomic mass is 32.2. The van der Waals surface area contributed by atoms with E-state index in [4.69, 9.17) is 4.74 Å². The predicted molar refractivity (Wildman–Crippen MR) is 141 cm³/mol. The fourth-order valence-corrected chi connectivity index (χ4v) is 4.40. The lowest BCUT2D eigenvalue weighted by atomic mass is 10.1. The molecule has 0 saturated heterocycles. The molecule has 202 valence electrons. The molecule has 0 aliphatic rings. The number of benzene rings is 3. The minimum Gasteiger partial charge on any atom is -0.497 e. The van der Waals surface area contributed by atoms with Crippen LogP contribution >= 0.6 is 11.8 Å². The molecular weight excluding hydrogens is 531 g/mol. The molecule has 0 unspecified atom stereocenters.